The van der Waals surface area contributed by atoms with Gasteiger partial charge in [-0.25, -0.2) is 0 Å². The molecule has 1 aromatic rings. The summed E-state index contributed by atoms with van der Waals surface area (Å²) in [5.41, 5.74) is -0.275. The van der Waals surface area contributed by atoms with Crippen molar-refractivity contribution in [1.29, 1.82) is 0 Å². The van der Waals surface area contributed by atoms with Crippen molar-refractivity contribution in [2.75, 3.05) is 7.11 Å². The number of para-hydroxylation sites is 1. The summed E-state index contributed by atoms with van der Waals surface area (Å²) in [6.07, 6.45) is -7.17. The van der Waals surface area contributed by atoms with E-state index in [-0.39, 0.29) is 11.3 Å². The first-order valence-corrected chi connectivity index (χ1v) is 3.84. The van der Waals surface area contributed by atoms with Gasteiger partial charge in [-0.1, -0.05) is 18.2 Å². The number of rotatable bonds is 2. The normalized spacial score (nSPS) is 13.8. The Hall–Kier alpha value is -1.23. The first-order chi connectivity index (χ1) is 6.46. The first-order valence-electron chi connectivity index (χ1n) is 3.84. The minimum Gasteiger partial charge on any atom is -0.496 e. The molecule has 0 saturated carbocycles. The molecule has 0 unspecified atom stereocenters. The summed E-state index contributed by atoms with van der Waals surface area (Å²) >= 11 is 0. The number of ether oxygens (including phenoxy) is 1. The molecule has 0 spiro atoms. The van der Waals surface area contributed by atoms with Crippen molar-refractivity contribution in [2.24, 2.45) is 0 Å². The minimum absolute atomic E-state index is 0.0253. The van der Waals surface area contributed by atoms with E-state index in [0.29, 0.717) is 0 Å². The van der Waals surface area contributed by atoms with Gasteiger partial charge in [0.1, 0.15) is 5.75 Å². The lowest BCUT2D eigenvalue weighted by Gasteiger charge is -2.17. The highest BCUT2D eigenvalue weighted by atomic mass is 19.4. The molecule has 14 heavy (non-hydrogen) atoms. The summed E-state index contributed by atoms with van der Waals surface area (Å²) in [5, 5.41) is 8.96. The average molecular weight is 206 g/mol. The summed E-state index contributed by atoms with van der Waals surface area (Å²) in [4.78, 5) is 0. The van der Waals surface area contributed by atoms with Gasteiger partial charge < -0.3 is 9.84 Å². The maximum Gasteiger partial charge on any atom is 0.418 e. The lowest BCUT2D eigenvalue weighted by molar-refractivity contribution is -0.207. The van der Waals surface area contributed by atoms with Crippen molar-refractivity contribution < 1.29 is 23.0 Å². The number of halogens is 3. The molecule has 1 aromatic carbocycles. The van der Waals surface area contributed by atoms with Crippen LogP contribution >= 0.6 is 0 Å². The van der Waals surface area contributed by atoms with Gasteiger partial charge in [-0.05, 0) is 6.07 Å². The Kier molecular flexibility index (Phi) is 3.00. The number of aliphatic hydroxyl groups excluding tert-OH is 1. The van der Waals surface area contributed by atoms with Crippen LogP contribution in [0.15, 0.2) is 24.3 Å². The van der Waals surface area contributed by atoms with Gasteiger partial charge in [0.2, 0.25) is 0 Å². The van der Waals surface area contributed by atoms with E-state index in [2.05, 4.69) is 0 Å². The van der Waals surface area contributed by atoms with Gasteiger partial charge in [-0.15, -0.1) is 0 Å². The number of hydrogen-bond donors (Lipinski definition) is 1. The van der Waals surface area contributed by atoms with Crippen LogP contribution in [-0.4, -0.2) is 18.4 Å². The predicted octanol–water partition coefficient (Wildman–Crippen LogP) is 2.29. The molecule has 0 radical (unpaired) electrons. The molecule has 78 valence electrons. The Balaban J connectivity index is 3.06. The summed E-state index contributed by atoms with van der Waals surface area (Å²) < 4.78 is 41.1. The van der Waals surface area contributed by atoms with Gasteiger partial charge in [-0.2, -0.15) is 13.2 Å². The van der Waals surface area contributed by atoms with E-state index < -0.39 is 12.3 Å². The van der Waals surface area contributed by atoms with Crippen molar-refractivity contribution in [1.82, 2.24) is 0 Å². The quantitative estimate of drug-likeness (QED) is 0.804. The highest BCUT2D eigenvalue weighted by Gasteiger charge is 2.40. The number of alkyl halides is 3. The molecule has 0 aliphatic carbocycles. The SMILES string of the molecule is COc1ccccc1[C@@H](O)C(F)(F)F. The van der Waals surface area contributed by atoms with Gasteiger partial charge in [0.25, 0.3) is 0 Å². The van der Waals surface area contributed by atoms with Crippen LogP contribution in [-0.2, 0) is 0 Å². The fourth-order valence-electron chi connectivity index (χ4n) is 1.07. The Morgan fingerprint density at radius 3 is 2.36 bits per heavy atom. The van der Waals surface area contributed by atoms with Crippen LogP contribution in [0.2, 0.25) is 0 Å². The highest BCUT2D eigenvalue weighted by Crippen LogP contribution is 2.36. The summed E-state index contributed by atoms with van der Waals surface area (Å²) in [6.45, 7) is 0. The zero-order chi connectivity index (χ0) is 10.8. The second-order valence-electron chi connectivity index (χ2n) is 2.69. The van der Waals surface area contributed by atoms with E-state index in [1.807, 2.05) is 0 Å². The molecular formula is C9H9F3O2. The lowest BCUT2D eigenvalue weighted by Crippen LogP contribution is -2.20. The highest BCUT2D eigenvalue weighted by molar-refractivity contribution is 5.35. The molecule has 0 fully saturated rings. The van der Waals surface area contributed by atoms with Crippen molar-refractivity contribution in [3.63, 3.8) is 0 Å². The third-order valence-corrected chi connectivity index (χ3v) is 1.74. The first kappa shape index (κ1) is 10.8. The Morgan fingerprint density at radius 2 is 1.86 bits per heavy atom. The van der Waals surface area contributed by atoms with E-state index >= 15 is 0 Å². The zero-order valence-corrected chi connectivity index (χ0v) is 7.38. The maximum absolute atomic E-state index is 12.1. The summed E-state index contributed by atoms with van der Waals surface area (Å²) in [5.74, 6) is 0.0253. The fourth-order valence-corrected chi connectivity index (χ4v) is 1.07. The molecule has 0 amide bonds. The van der Waals surface area contributed by atoms with Crippen molar-refractivity contribution >= 4 is 0 Å². The molecule has 0 aliphatic heterocycles. The van der Waals surface area contributed by atoms with Crippen LogP contribution in [0, 0.1) is 0 Å². The van der Waals surface area contributed by atoms with Crippen LogP contribution in [0.25, 0.3) is 0 Å². The van der Waals surface area contributed by atoms with E-state index in [0.717, 1.165) is 0 Å². The molecule has 5 heteroatoms. The molecule has 0 heterocycles. The largest absolute Gasteiger partial charge is 0.496 e. The van der Waals surface area contributed by atoms with Gasteiger partial charge in [0.15, 0.2) is 6.10 Å². The monoisotopic (exact) mass is 206 g/mol. The molecule has 1 rings (SSSR count). The van der Waals surface area contributed by atoms with Gasteiger partial charge in [0.05, 0.1) is 7.11 Å². The average Bonchev–Trinajstić information content (AvgIpc) is 2.15. The number of aliphatic hydroxyl groups is 1. The molecule has 2 nitrogen and oxygen atoms in total. The van der Waals surface area contributed by atoms with Crippen LogP contribution in [0.4, 0.5) is 13.2 Å². The summed E-state index contributed by atoms with van der Waals surface area (Å²) in [7, 11) is 1.25. The molecule has 0 saturated heterocycles. The molecule has 0 aromatic heterocycles. The Morgan fingerprint density at radius 1 is 1.29 bits per heavy atom. The van der Waals surface area contributed by atoms with Crippen molar-refractivity contribution in [2.45, 2.75) is 12.3 Å². The molecule has 0 aliphatic rings. The Bertz CT molecular complexity index is 309. The standard InChI is InChI=1S/C9H9F3O2/c1-14-7-5-3-2-4-6(7)8(13)9(10,11)12/h2-5,8,13H,1H3/t8-/m1/s1. The Labute approximate surface area is 78.9 Å². The van der Waals surface area contributed by atoms with Crippen molar-refractivity contribution in [3.05, 3.63) is 29.8 Å². The third-order valence-electron chi connectivity index (χ3n) is 1.74. The van der Waals surface area contributed by atoms with Crippen LogP contribution in [0.5, 0.6) is 5.75 Å². The van der Waals surface area contributed by atoms with E-state index in [1.165, 1.54) is 31.4 Å². The van der Waals surface area contributed by atoms with Gasteiger partial charge in [0, 0.05) is 5.56 Å². The molecular weight excluding hydrogens is 197 g/mol. The smallest absolute Gasteiger partial charge is 0.418 e. The fraction of sp³-hybridized carbons (Fsp3) is 0.333. The van der Waals surface area contributed by atoms with Gasteiger partial charge >= 0.3 is 6.18 Å². The number of benzene rings is 1. The molecule has 1 atom stereocenters. The zero-order valence-electron chi connectivity index (χ0n) is 7.38. The lowest BCUT2D eigenvalue weighted by atomic mass is 10.1. The van der Waals surface area contributed by atoms with Crippen LogP contribution in [0.3, 0.4) is 0 Å². The number of methoxy groups -OCH3 is 1. The van der Waals surface area contributed by atoms with E-state index in [4.69, 9.17) is 9.84 Å². The topological polar surface area (TPSA) is 29.5 Å². The minimum atomic E-state index is -4.67. The van der Waals surface area contributed by atoms with Crippen LogP contribution < -0.4 is 4.74 Å². The number of hydrogen-bond acceptors (Lipinski definition) is 2. The van der Waals surface area contributed by atoms with E-state index in [9.17, 15) is 13.2 Å². The van der Waals surface area contributed by atoms with Crippen molar-refractivity contribution in [3.8, 4) is 5.75 Å². The van der Waals surface area contributed by atoms with E-state index in [1.54, 1.807) is 0 Å². The van der Waals surface area contributed by atoms with Gasteiger partial charge in [-0.3, -0.25) is 0 Å². The van der Waals surface area contributed by atoms with Crippen LogP contribution in [0.1, 0.15) is 11.7 Å². The predicted molar refractivity (Wildman–Crippen MR) is 44.0 cm³/mol. The third kappa shape index (κ3) is 2.17. The molecule has 1 N–H and O–H groups in total. The second kappa shape index (κ2) is 3.88. The summed E-state index contributed by atoms with van der Waals surface area (Å²) in [6, 6.07) is 5.49. The maximum atomic E-state index is 12.1. The molecule has 0 bridgehead atoms. The second-order valence-corrected chi connectivity index (χ2v) is 2.69.